The van der Waals surface area contributed by atoms with Crippen molar-refractivity contribution in [3.63, 3.8) is 0 Å². The van der Waals surface area contributed by atoms with E-state index in [-0.39, 0.29) is 5.91 Å². The predicted molar refractivity (Wildman–Crippen MR) is 86.2 cm³/mol. The van der Waals surface area contributed by atoms with Crippen LogP contribution in [-0.2, 0) is 13.1 Å². The molecular formula is C17H23N3O. The second-order valence-corrected chi connectivity index (χ2v) is 5.54. The lowest BCUT2D eigenvalue weighted by molar-refractivity contribution is 0.0774. The molecule has 0 atom stereocenters. The molecule has 2 aromatic rings. The van der Waals surface area contributed by atoms with Gasteiger partial charge in [0.25, 0.3) is 5.91 Å². The molecule has 112 valence electrons. The minimum atomic E-state index is -0.00600. The molecule has 4 nitrogen and oxygen atoms in total. The number of hydrogen-bond acceptors (Lipinski definition) is 2. The summed E-state index contributed by atoms with van der Waals surface area (Å²) in [4.78, 5) is 14.3. The van der Waals surface area contributed by atoms with Crippen LogP contribution in [0.25, 0.3) is 0 Å². The van der Waals surface area contributed by atoms with E-state index in [4.69, 9.17) is 5.73 Å². The molecule has 0 fully saturated rings. The highest BCUT2D eigenvalue weighted by Crippen LogP contribution is 2.16. The lowest BCUT2D eigenvalue weighted by atomic mass is 10.1. The van der Waals surface area contributed by atoms with E-state index >= 15 is 0 Å². The molecule has 2 N–H and O–H groups in total. The van der Waals surface area contributed by atoms with Crippen LogP contribution in [0.15, 0.2) is 30.5 Å². The first-order chi connectivity index (χ1) is 9.92. The number of nitrogens with two attached hydrogens (primary N) is 1. The van der Waals surface area contributed by atoms with Crippen molar-refractivity contribution in [2.45, 2.75) is 33.9 Å². The third kappa shape index (κ3) is 3.27. The van der Waals surface area contributed by atoms with Crippen molar-refractivity contribution < 1.29 is 4.79 Å². The van der Waals surface area contributed by atoms with Gasteiger partial charge in [0.1, 0.15) is 5.69 Å². The Morgan fingerprint density at radius 2 is 2.00 bits per heavy atom. The lowest BCUT2D eigenvalue weighted by Crippen LogP contribution is -2.28. The monoisotopic (exact) mass is 285 g/mol. The average Bonchev–Trinajstić information content (AvgIpc) is 2.82. The molecule has 2 rings (SSSR count). The first-order valence-electron chi connectivity index (χ1n) is 7.19. The first-order valence-corrected chi connectivity index (χ1v) is 7.19. The Labute approximate surface area is 126 Å². The number of nitrogen functional groups attached to an aromatic ring is 1. The summed E-state index contributed by atoms with van der Waals surface area (Å²) >= 11 is 0. The minimum absolute atomic E-state index is 0.00600. The van der Waals surface area contributed by atoms with Gasteiger partial charge in [-0.15, -0.1) is 0 Å². The van der Waals surface area contributed by atoms with E-state index in [9.17, 15) is 4.79 Å². The summed E-state index contributed by atoms with van der Waals surface area (Å²) < 4.78 is 1.89. The fourth-order valence-corrected chi connectivity index (χ4v) is 2.52. The molecule has 0 aliphatic carbocycles. The van der Waals surface area contributed by atoms with Crippen molar-refractivity contribution in [2.24, 2.45) is 0 Å². The molecular weight excluding hydrogens is 262 g/mol. The summed E-state index contributed by atoms with van der Waals surface area (Å²) in [7, 11) is 1.82. The molecule has 0 unspecified atom stereocenters. The van der Waals surface area contributed by atoms with E-state index in [1.165, 1.54) is 16.7 Å². The minimum Gasteiger partial charge on any atom is -0.397 e. The van der Waals surface area contributed by atoms with Crippen LogP contribution in [0.1, 0.15) is 34.1 Å². The van der Waals surface area contributed by atoms with Gasteiger partial charge in [0, 0.05) is 26.3 Å². The summed E-state index contributed by atoms with van der Waals surface area (Å²) in [5, 5.41) is 0. The normalized spacial score (nSPS) is 10.7. The van der Waals surface area contributed by atoms with Crippen LogP contribution in [-0.4, -0.2) is 22.4 Å². The number of rotatable bonds is 4. The highest BCUT2D eigenvalue weighted by atomic mass is 16.2. The highest BCUT2D eigenvalue weighted by molar-refractivity contribution is 5.93. The molecule has 0 saturated carbocycles. The average molecular weight is 285 g/mol. The van der Waals surface area contributed by atoms with Gasteiger partial charge >= 0.3 is 0 Å². The highest BCUT2D eigenvalue weighted by Gasteiger charge is 2.17. The summed E-state index contributed by atoms with van der Waals surface area (Å²) in [5.41, 5.74) is 10.7. The predicted octanol–water partition coefficient (Wildman–Crippen LogP) is 2.98. The molecule has 4 heteroatoms. The number of amides is 1. The molecule has 0 aliphatic rings. The van der Waals surface area contributed by atoms with E-state index in [1.54, 1.807) is 17.2 Å². The van der Waals surface area contributed by atoms with Crippen LogP contribution in [0.5, 0.6) is 0 Å². The van der Waals surface area contributed by atoms with Gasteiger partial charge in [-0.2, -0.15) is 0 Å². The Morgan fingerprint density at radius 3 is 2.62 bits per heavy atom. The largest absolute Gasteiger partial charge is 0.397 e. The Kier molecular flexibility index (Phi) is 4.36. The maximum absolute atomic E-state index is 12.6. The second kappa shape index (κ2) is 6.04. The van der Waals surface area contributed by atoms with E-state index in [0.29, 0.717) is 17.9 Å². The Hall–Kier alpha value is -2.23. The van der Waals surface area contributed by atoms with Gasteiger partial charge in [-0.05, 0) is 38.0 Å². The fraction of sp³-hybridized carbons (Fsp3) is 0.353. The fourth-order valence-electron chi connectivity index (χ4n) is 2.52. The van der Waals surface area contributed by atoms with Crippen molar-refractivity contribution in [3.8, 4) is 0 Å². The molecule has 1 aromatic carbocycles. The number of carbonyl (C=O) groups is 1. The third-order valence-electron chi connectivity index (χ3n) is 3.73. The van der Waals surface area contributed by atoms with Crippen molar-refractivity contribution in [1.82, 2.24) is 9.47 Å². The van der Waals surface area contributed by atoms with Crippen molar-refractivity contribution in [1.29, 1.82) is 0 Å². The Morgan fingerprint density at radius 1 is 1.29 bits per heavy atom. The molecule has 1 heterocycles. The quantitative estimate of drug-likeness (QED) is 0.939. The Balaban J connectivity index is 2.19. The number of anilines is 1. The molecule has 0 bridgehead atoms. The first kappa shape index (κ1) is 15.2. The van der Waals surface area contributed by atoms with Gasteiger partial charge in [0.2, 0.25) is 0 Å². The maximum atomic E-state index is 12.6. The summed E-state index contributed by atoms with van der Waals surface area (Å²) in [6, 6.07) is 8.04. The van der Waals surface area contributed by atoms with Crippen molar-refractivity contribution in [3.05, 3.63) is 52.8 Å². The van der Waals surface area contributed by atoms with Crippen LogP contribution in [0.2, 0.25) is 0 Å². The van der Waals surface area contributed by atoms with Gasteiger partial charge in [-0.3, -0.25) is 4.79 Å². The molecule has 0 aliphatic heterocycles. The molecule has 0 radical (unpaired) electrons. The van der Waals surface area contributed by atoms with Gasteiger partial charge in [0.15, 0.2) is 0 Å². The van der Waals surface area contributed by atoms with Crippen molar-refractivity contribution >= 4 is 11.6 Å². The van der Waals surface area contributed by atoms with Crippen molar-refractivity contribution in [2.75, 3.05) is 12.8 Å². The molecule has 21 heavy (non-hydrogen) atoms. The molecule has 0 spiro atoms. The van der Waals surface area contributed by atoms with Gasteiger partial charge in [0.05, 0.1) is 5.69 Å². The van der Waals surface area contributed by atoms with Crippen LogP contribution < -0.4 is 5.73 Å². The Bertz CT molecular complexity index is 658. The topological polar surface area (TPSA) is 51.3 Å². The van der Waals surface area contributed by atoms with Gasteiger partial charge in [-0.25, -0.2) is 0 Å². The number of aryl methyl sites for hydroxylation is 3. The number of nitrogens with zero attached hydrogens (tertiary/aromatic N) is 2. The van der Waals surface area contributed by atoms with Crippen LogP contribution in [0.4, 0.5) is 5.69 Å². The van der Waals surface area contributed by atoms with E-state index in [2.05, 4.69) is 32.0 Å². The zero-order valence-electron chi connectivity index (χ0n) is 13.2. The molecule has 1 amide bonds. The van der Waals surface area contributed by atoms with E-state index < -0.39 is 0 Å². The third-order valence-corrected chi connectivity index (χ3v) is 3.73. The van der Waals surface area contributed by atoms with E-state index in [1.807, 2.05) is 18.5 Å². The lowest BCUT2D eigenvalue weighted by Gasteiger charge is -2.19. The standard InChI is InChI=1S/C17H23N3O/c1-5-20-11-15(18)9-16(20)17(21)19(4)10-14-7-6-12(2)8-13(14)3/h6-9,11H,5,10,18H2,1-4H3. The smallest absolute Gasteiger partial charge is 0.270 e. The summed E-state index contributed by atoms with van der Waals surface area (Å²) in [6.45, 7) is 7.48. The number of benzene rings is 1. The van der Waals surface area contributed by atoms with E-state index in [0.717, 1.165) is 6.54 Å². The van der Waals surface area contributed by atoms with Crippen LogP contribution in [0.3, 0.4) is 0 Å². The van der Waals surface area contributed by atoms with Crippen LogP contribution >= 0.6 is 0 Å². The summed E-state index contributed by atoms with van der Waals surface area (Å²) in [5.74, 6) is -0.00600. The molecule has 0 saturated heterocycles. The number of aromatic nitrogens is 1. The van der Waals surface area contributed by atoms with Gasteiger partial charge < -0.3 is 15.2 Å². The number of carbonyl (C=O) groups excluding carboxylic acids is 1. The van der Waals surface area contributed by atoms with Crippen LogP contribution in [0, 0.1) is 13.8 Å². The summed E-state index contributed by atoms with van der Waals surface area (Å²) in [6.07, 6.45) is 1.80. The second-order valence-electron chi connectivity index (χ2n) is 5.54. The zero-order valence-corrected chi connectivity index (χ0v) is 13.2. The SMILES string of the molecule is CCn1cc(N)cc1C(=O)N(C)Cc1ccc(C)cc1C. The molecule has 1 aromatic heterocycles. The van der Waals surface area contributed by atoms with Gasteiger partial charge in [-0.1, -0.05) is 23.8 Å². The number of hydrogen-bond donors (Lipinski definition) is 1. The maximum Gasteiger partial charge on any atom is 0.270 e. The zero-order chi connectivity index (χ0) is 15.6.